The van der Waals surface area contributed by atoms with E-state index < -0.39 is 0 Å². The molecule has 0 radical (unpaired) electrons. The van der Waals surface area contributed by atoms with Gasteiger partial charge in [0.1, 0.15) is 0 Å². The van der Waals surface area contributed by atoms with Crippen molar-refractivity contribution in [2.45, 2.75) is 181 Å². The number of aryl methyl sites for hydroxylation is 11. The highest BCUT2D eigenvalue weighted by atomic mass is 127. The maximum absolute atomic E-state index is 5.72. The Hall–Kier alpha value is -10.4. The molecule has 5 heteroatoms. The van der Waals surface area contributed by atoms with E-state index in [-0.39, 0.29) is 14.9 Å². The zero-order valence-electron chi connectivity index (χ0n) is 65.6. The normalized spacial score (nSPS) is 9.48. The average Bonchev–Trinajstić information content (AvgIpc) is 0.869. The Morgan fingerprint density at radius 2 is 0.591 bits per heavy atom. The van der Waals surface area contributed by atoms with Crippen LogP contribution in [-0.2, 0) is 38.5 Å². The molecular formula is C105H117I2N3. The maximum Gasteiger partial charge on any atom is 0.0317 e. The van der Waals surface area contributed by atoms with E-state index in [0.717, 1.165) is 116 Å². The van der Waals surface area contributed by atoms with Crippen molar-refractivity contribution in [3.63, 3.8) is 0 Å². The van der Waals surface area contributed by atoms with Crippen molar-refractivity contribution in [2.24, 2.45) is 0 Å². The van der Waals surface area contributed by atoms with E-state index in [4.69, 9.17) is 30.0 Å². The molecule has 11 rings (SSSR count). The van der Waals surface area contributed by atoms with Crippen LogP contribution in [0.15, 0.2) is 243 Å². The van der Waals surface area contributed by atoms with Crippen LogP contribution in [0.3, 0.4) is 0 Å². The smallest absolute Gasteiger partial charge is 0.0317 e. The van der Waals surface area contributed by atoms with Crippen LogP contribution in [-0.4, -0.2) is 0 Å². The summed E-state index contributed by atoms with van der Waals surface area (Å²) in [6.07, 6.45) is 27.6. The Balaban J connectivity index is 0.000000348. The van der Waals surface area contributed by atoms with Crippen molar-refractivity contribution < 1.29 is 0 Å². The highest BCUT2D eigenvalue weighted by molar-refractivity contribution is 14.1. The molecule has 0 unspecified atom stereocenters. The monoisotopic (exact) mass is 1670 g/mol. The van der Waals surface area contributed by atoms with Gasteiger partial charge in [0.25, 0.3) is 0 Å². The zero-order chi connectivity index (χ0) is 78.3. The summed E-state index contributed by atoms with van der Waals surface area (Å²) >= 11 is 4.61. The third-order valence-electron chi connectivity index (χ3n) is 17.6. The van der Waals surface area contributed by atoms with E-state index in [1.165, 1.54) is 115 Å². The quantitative estimate of drug-likeness (QED) is 0.0439. The number of rotatable bonds is 14. The standard InChI is InChI=1S/C31H32.C17H15I.C17H17N.C14H18.C10H10.C7H8IN.C7H9N.2CH4/c1-4-6-7-8-9-27-14-16-28(17-15-27)18-19-30-21-23-31(25(3)24-30)22-20-29-12-10-26(5-2)11-13-29;2*1-3-14-4-6-15(7-5-14)8-9-16-10-11-17(18)12-13(16)2;1-3-5-6-7-8-14-11-9-13(4-2)10-12-14;1-3-9-5-7-10(4-2)8-6-9;1-5-4-6(9)2-3-7(5)8;1-6-3-2-4-7(8)5-6;;/h10-17,21,23-24H,4-9H2,1-3H3;4-7,10-12H,3H2,1-2H3;4-7,10-12H,3,18H2,1-2H3;2,9-12H,3,5-8H2,1H3;1,5-8H,4H2,2H3;2-4H,9H2,1H3;2-5H,8H2,1H3;2*1H4. The molecule has 0 fully saturated rings. The molecule has 0 saturated carbocycles. The first kappa shape index (κ1) is 93.8. The van der Waals surface area contributed by atoms with Gasteiger partial charge in [-0.2, -0.15) is 0 Å². The predicted molar refractivity (Wildman–Crippen MR) is 500 cm³/mol. The van der Waals surface area contributed by atoms with Gasteiger partial charge in [-0.15, -0.1) is 12.8 Å². The first-order valence-electron chi connectivity index (χ1n) is 37.9. The van der Waals surface area contributed by atoms with Gasteiger partial charge in [0, 0.05) is 79.8 Å². The lowest BCUT2D eigenvalue weighted by Crippen LogP contribution is -1.88. The number of nitrogen functional groups attached to an aromatic ring is 3. The van der Waals surface area contributed by atoms with Gasteiger partial charge in [0.05, 0.1) is 0 Å². The third kappa shape index (κ3) is 37.6. The second-order valence-electron chi connectivity index (χ2n) is 26.5. The molecule has 0 heterocycles. The zero-order valence-corrected chi connectivity index (χ0v) is 70.0. The number of nitrogens with two attached hydrogens (primary N) is 3. The Bertz CT molecular complexity index is 4730. The van der Waals surface area contributed by atoms with Crippen molar-refractivity contribution in [3.05, 3.63) is 367 Å². The van der Waals surface area contributed by atoms with Crippen LogP contribution in [0.5, 0.6) is 0 Å². The van der Waals surface area contributed by atoms with E-state index in [2.05, 4.69) is 324 Å². The molecule has 566 valence electrons. The molecule has 0 bridgehead atoms. The van der Waals surface area contributed by atoms with Crippen molar-refractivity contribution >= 4 is 62.2 Å². The van der Waals surface area contributed by atoms with Crippen LogP contribution < -0.4 is 17.2 Å². The molecule has 0 saturated heterocycles. The van der Waals surface area contributed by atoms with Gasteiger partial charge < -0.3 is 17.2 Å². The van der Waals surface area contributed by atoms with Crippen molar-refractivity contribution in [3.8, 4) is 72.1 Å². The van der Waals surface area contributed by atoms with Crippen molar-refractivity contribution in [1.29, 1.82) is 0 Å². The maximum atomic E-state index is 5.72. The van der Waals surface area contributed by atoms with Gasteiger partial charge in [-0.05, 0) is 350 Å². The second-order valence-corrected chi connectivity index (χ2v) is 28.9. The van der Waals surface area contributed by atoms with Crippen LogP contribution in [0.2, 0.25) is 0 Å². The summed E-state index contributed by atoms with van der Waals surface area (Å²) in [5.41, 5.74) is 43.7. The molecule has 11 aromatic rings. The summed E-state index contributed by atoms with van der Waals surface area (Å²) in [5, 5.41) is 0. The molecular weight excluding hydrogens is 1560 g/mol. The summed E-state index contributed by atoms with van der Waals surface area (Å²) in [5.74, 6) is 31.2. The van der Waals surface area contributed by atoms with Crippen LogP contribution in [0.4, 0.5) is 17.1 Å². The summed E-state index contributed by atoms with van der Waals surface area (Å²) in [4.78, 5) is 0. The number of terminal acetylenes is 2. The highest BCUT2D eigenvalue weighted by Gasteiger charge is 2.02. The molecule has 110 heavy (non-hydrogen) atoms. The Morgan fingerprint density at radius 3 is 0.909 bits per heavy atom. The number of hydrogen-bond donors (Lipinski definition) is 3. The number of halogens is 2. The molecule has 0 aliphatic rings. The van der Waals surface area contributed by atoms with Gasteiger partial charge in [-0.25, -0.2) is 0 Å². The molecule has 0 aliphatic carbocycles. The van der Waals surface area contributed by atoms with Crippen LogP contribution in [0.1, 0.15) is 225 Å². The minimum absolute atomic E-state index is 0. The predicted octanol–water partition coefficient (Wildman–Crippen LogP) is 26.6. The average molecular weight is 1670 g/mol. The first-order valence-corrected chi connectivity index (χ1v) is 40.0. The molecule has 0 atom stereocenters. The Morgan fingerprint density at radius 1 is 0.282 bits per heavy atom. The summed E-state index contributed by atoms with van der Waals surface area (Å²) in [6.45, 7) is 23.4. The van der Waals surface area contributed by atoms with Gasteiger partial charge in [-0.1, -0.05) is 239 Å². The van der Waals surface area contributed by atoms with Crippen LogP contribution in [0, 0.1) is 114 Å². The lowest BCUT2D eigenvalue weighted by atomic mass is 10.0. The van der Waals surface area contributed by atoms with E-state index in [1.54, 1.807) is 0 Å². The van der Waals surface area contributed by atoms with E-state index in [1.807, 2.05) is 98.8 Å². The lowest BCUT2D eigenvalue weighted by molar-refractivity contribution is 0.667. The van der Waals surface area contributed by atoms with Crippen molar-refractivity contribution in [2.75, 3.05) is 17.2 Å². The molecule has 0 aromatic heterocycles. The van der Waals surface area contributed by atoms with Gasteiger partial charge in [0.2, 0.25) is 0 Å². The number of benzene rings is 11. The number of hydrogen-bond acceptors (Lipinski definition) is 3. The second kappa shape index (κ2) is 54.3. The number of anilines is 3. The van der Waals surface area contributed by atoms with Crippen LogP contribution >= 0.6 is 45.2 Å². The Labute approximate surface area is 693 Å². The number of unbranched alkanes of at least 4 members (excludes halogenated alkanes) is 6. The van der Waals surface area contributed by atoms with Crippen molar-refractivity contribution in [1.82, 2.24) is 0 Å². The van der Waals surface area contributed by atoms with Crippen LogP contribution in [0.25, 0.3) is 0 Å². The molecule has 0 amide bonds. The van der Waals surface area contributed by atoms with E-state index in [0.29, 0.717) is 0 Å². The first-order chi connectivity index (χ1) is 52.3. The van der Waals surface area contributed by atoms with E-state index in [9.17, 15) is 0 Å². The topological polar surface area (TPSA) is 78.1 Å². The minimum Gasteiger partial charge on any atom is -0.399 e. The van der Waals surface area contributed by atoms with Gasteiger partial charge in [-0.3, -0.25) is 0 Å². The molecule has 0 spiro atoms. The highest BCUT2D eigenvalue weighted by Crippen LogP contribution is 2.18. The minimum atomic E-state index is 0. The summed E-state index contributed by atoms with van der Waals surface area (Å²) in [7, 11) is 0. The molecule has 6 N–H and O–H groups in total. The summed E-state index contributed by atoms with van der Waals surface area (Å²) < 4.78 is 2.52. The van der Waals surface area contributed by atoms with Gasteiger partial charge >= 0.3 is 0 Å². The molecule has 0 aliphatic heterocycles. The SMILES string of the molecule is C.C.C#Cc1ccc(CC)cc1.C#Cc1ccc(CCCCCC)cc1.CCCCCCc1ccc(C#Cc2ccc(C#Cc3ccc(CC)cc3)c(C)c2)cc1.CCc1ccc(C#Cc2ccc(I)cc2C)cc1.CCc1ccc(C#Cc2ccc(N)cc2C)cc1.Cc1cc(N)ccc1I.Cc1cccc(N)c1. The lowest BCUT2D eigenvalue weighted by Gasteiger charge is -2.01. The fourth-order valence-electron chi connectivity index (χ4n) is 10.7. The fraction of sp³-hybridized carbons (Fsp3) is 0.257. The molecule has 11 aromatic carbocycles. The van der Waals surface area contributed by atoms with Gasteiger partial charge in [0.15, 0.2) is 0 Å². The summed E-state index contributed by atoms with van der Waals surface area (Å²) in [6, 6.07) is 82.6. The third-order valence-corrected chi connectivity index (χ3v) is 19.5. The fourth-order valence-corrected chi connectivity index (χ4v) is 11.7. The van der Waals surface area contributed by atoms with E-state index >= 15 is 0 Å². The largest absolute Gasteiger partial charge is 0.399 e. The molecule has 3 nitrogen and oxygen atoms in total. The Kier molecular flexibility index (Phi) is 46.3.